The molecule has 2 aromatic rings. The van der Waals surface area contributed by atoms with Crippen LogP contribution in [0.2, 0.25) is 0 Å². The molecule has 1 atom stereocenters. The first-order valence-electron chi connectivity index (χ1n) is 6.64. The van der Waals surface area contributed by atoms with Crippen LogP contribution in [0.4, 0.5) is 0 Å². The van der Waals surface area contributed by atoms with Gasteiger partial charge in [0.25, 0.3) is 0 Å². The van der Waals surface area contributed by atoms with Crippen LogP contribution in [-0.4, -0.2) is 18.5 Å². The zero-order valence-electron chi connectivity index (χ0n) is 11.6. The summed E-state index contributed by atoms with van der Waals surface area (Å²) in [6.07, 6.45) is 2.14. The highest BCUT2D eigenvalue weighted by atomic mass is 35.5. The molecule has 1 unspecified atom stereocenters. The maximum Gasteiger partial charge on any atom is 0.220 e. The Morgan fingerprint density at radius 1 is 1.40 bits per heavy atom. The number of hydrogen-bond donors (Lipinski definition) is 2. The molecule has 0 fully saturated rings. The molecule has 0 saturated heterocycles. The van der Waals surface area contributed by atoms with Gasteiger partial charge in [0.15, 0.2) is 0 Å². The molecule has 0 aliphatic carbocycles. The lowest BCUT2D eigenvalue weighted by Crippen LogP contribution is -2.27. The molecule has 1 heterocycles. The number of halogens is 1. The highest BCUT2D eigenvalue weighted by Crippen LogP contribution is 2.25. The van der Waals surface area contributed by atoms with Crippen LogP contribution in [-0.2, 0) is 11.2 Å². The van der Waals surface area contributed by atoms with Gasteiger partial charge in [0.1, 0.15) is 0 Å². The Bertz CT molecular complexity index is 554. The minimum atomic E-state index is 0. The Labute approximate surface area is 130 Å². The zero-order chi connectivity index (χ0) is 13.7. The van der Waals surface area contributed by atoms with Crippen molar-refractivity contribution in [1.29, 1.82) is 0 Å². The van der Waals surface area contributed by atoms with Gasteiger partial charge in [0.2, 0.25) is 5.91 Å². The van der Waals surface area contributed by atoms with Gasteiger partial charge in [-0.3, -0.25) is 4.79 Å². The molecule has 0 spiro atoms. The van der Waals surface area contributed by atoms with Crippen LogP contribution in [0.5, 0.6) is 0 Å². The van der Waals surface area contributed by atoms with E-state index in [0.717, 1.165) is 12.8 Å². The van der Waals surface area contributed by atoms with E-state index in [9.17, 15) is 4.79 Å². The van der Waals surface area contributed by atoms with Gasteiger partial charge in [-0.2, -0.15) is 0 Å². The molecule has 0 aliphatic heterocycles. The van der Waals surface area contributed by atoms with Crippen LogP contribution in [0.15, 0.2) is 29.6 Å². The molecule has 110 valence electrons. The number of thiophene rings is 1. The quantitative estimate of drug-likeness (QED) is 0.861. The lowest BCUT2D eigenvalue weighted by Gasteiger charge is -2.06. The predicted molar refractivity (Wildman–Crippen MR) is 88.7 cm³/mol. The van der Waals surface area contributed by atoms with Gasteiger partial charge >= 0.3 is 0 Å². The van der Waals surface area contributed by atoms with Crippen molar-refractivity contribution in [2.45, 2.75) is 32.2 Å². The van der Waals surface area contributed by atoms with Crippen LogP contribution in [0, 0.1) is 0 Å². The van der Waals surface area contributed by atoms with Crippen LogP contribution in [0.25, 0.3) is 10.1 Å². The average Bonchev–Trinajstić information content (AvgIpc) is 2.80. The molecule has 0 saturated carbocycles. The molecule has 3 N–H and O–H groups in total. The van der Waals surface area contributed by atoms with Gasteiger partial charge < -0.3 is 11.1 Å². The summed E-state index contributed by atoms with van der Waals surface area (Å²) in [4.78, 5) is 11.6. The third-order valence-electron chi connectivity index (χ3n) is 3.10. The Morgan fingerprint density at radius 2 is 2.15 bits per heavy atom. The van der Waals surface area contributed by atoms with Crippen molar-refractivity contribution in [3.05, 3.63) is 35.2 Å². The van der Waals surface area contributed by atoms with E-state index >= 15 is 0 Å². The van der Waals surface area contributed by atoms with Crippen molar-refractivity contribution >= 4 is 39.7 Å². The van der Waals surface area contributed by atoms with Crippen molar-refractivity contribution < 1.29 is 4.79 Å². The van der Waals surface area contributed by atoms with E-state index in [0.29, 0.717) is 13.0 Å². The predicted octanol–water partition coefficient (Wildman–Crippen LogP) is 3.11. The summed E-state index contributed by atoms with van der Waals surface area (Å²) in [7, 11) is 0. The summed E-state index contributed by atoms with van der Waals surface area (Å²) in [5.74, 6) is 0.0943. The van der Waals surface area contributed by atoms with Crippen molar-refractivity contribution in [3.8, 4) is 0 Å². The molecule has 3 nitrogen and oxygen atoms in total. The van der Waals surface area contributed by atoms with Crippen molar-refractivity contribution in [2.24, 2.45) is 5.73 Å². The molecule has 0 bridgehead atoms. The number of nitrogens with two attached hydrogens (primary N) is 1. The second-order valence-electron chi connectivity index (χ2n) is 4.87. The van der Waals surface area contributed by atoms with Gasteiger partial charge in [-0.05, 0) is 42.2 Å². The molecule has 0 radical (unpaired) electrons. The second-order valence-corrected chi connectivity index (χ2v) is 5.78. The molecule has 20 heavy (non-hydrogen) atoms. The van der Waals surface area contributed by atoms with E-state index in [1.54, 1.807) is 11.3 Å². The summed E-state index contributed by atoms with van der Waals surface area (Å²) in [5.41, 5.74) is 6.94. The standard InChI is InChI=1S/C15H20N2OS.ClH/c1-11(16)6-7-15(18)17-9-8-12-10-19-14-5-3-2-4-13(12)14;/h2-5,10-11H,6-9,16H2,1H3,(H,17,18);1H. The van der Waals surface area contributed by atoms with Gasteiger partial charge in [-0.25, -0.2) is 0 Å². The molecule has 2 rings (SSSR count). The largest absolute Gasteiger partial charge is 0.356 e. The number of amides is 1. The van der Waals surface area contributed by atoms with Gasteiger partial charge in [0, 0.05) is 23.7 Å². The molecule has 1 aromatic heterocycles. The summed E-state index contributed by atoms with van der Waals surface area (Å²) in [6, 6.07) is 8.47. The topological polar surface area (TPSA) is 55.1 Å². The highest BCUT2D eigenvalue weighted by Gasteiger charge is 2.05. The van der Waals surface area contributed by atoms with Gasteiger partial charge in [0.05, 0.1) is 0 Å². The van der Waals surface area contributed by atoms with Crippen LogP contribution in [0.3, 0.4) is 0 Å². The fourth-order valence-corrected chi connectivity index (χ4v) is 3.01. The van der Waals surface area contributed by atoms with Crippen molar-refractivity contribution in [2.75, 3.05) is 6.54 Å². The third-order valence-corrected chi connectivity index (χ3v) is 4.12. The molecular formula is C15H21ClN2OS. The first-order valence-corrected chi connectivity index (χ1v) is 7.52. The molecule has 5 heteroatoms. The first kappa shape index (κ1) is 17.0. The maximum atomic E-state index is 11.6. The molecule has 1 aromatic carbocycles. The van der Waals surface area contributed by atoms with Crippen LogP contribution >= 0.6 is 23.7 Å². The van der Waals surface area contributed by atoms with E-state index in [-0.39, 0.29) is 24.4 Å². The Balaban J connectivity index is 0.00000200. The van der Waals surface area contributed by atoms with E-state index in [1.165, 1.54) is 15.6 Å². The van der Waals surface area contributed by atoms with Gasteiger partial charge in [-0.1, -0.05) is 18.2 Å². The van der Waals surface area contributed by atoms with E-state index in [4.69, 9.17) is 5.73 Å². The number of carbonyl (C=O) groups is 1. The summed E-state index contributed by atoms with van der Waals surface area (Å²) in [6.45, 7) is 2.61. The maximum absolute atomic E-state index is 11.6. The monoisotopic (exact) mass is 312 g/mol. The van der Waals surface area contributed by atoms with E-state index in [2.05, 4.69) is 35.0 Å². The van der Waals surface area contributed by atoms with Gasteiger partial charge in [-0.15, -0.1) is 23.7 Å². The SMILES string of the molecule is CC(N)CCC(=O)NCCc1csc2ccccc12.Cl. The van der Waals surface area contributed by atoms with E-state index in [1.807, 2.05) is 6.92 Å². The minimum absolute atomic E-state index is 0. The number of benzene rings is 1. The van der Waals surface area contributed by atoms with Crippen LogP contribution in [0.1, 0.15) is 25.3 Å². The number of fused-ring (bicyclic) bond motifs is 1. The Kier molecular flexibility index (Phi) is 6.99. The smallest absolute Gasteiger partial charge is 0.220 e. The van der Waals surface area contributed by atoms with Crippen molar-refractivity contribution in [1.82, 2.24) is 5.32 Å². The van der Waals surface area contributed by atoms with E-state index < -0.39 is 0 Å². The molecular weight excluding hydrogens is 292 g/mol. The fraction of sp³-hybridized carbons (Fsp3) is 0.400. The number of rotatable bonds is 6. The fourth-order valence-electron chi connectivity index (χ4n) is 2.01. The summed E-state index contributed by atoms with van der Waals surface area (Å²) in [5, 5.41) is 6.43. The Hall–Kier alpha value is -1.10. The third kappa shape index (κ3) is 4.78. The summed E-state index contributed by atoms with van der Waals surface area (Å²) >= 11 is 1.76. The number of carbonyl (C=O) groups excluding carboxylic acids is 1. The summed E-state index contributed by atoms with van der Waals surface area (Å²) < 4.78 is 1.31. The Morgan fingerprint density at radius 3 is 2.90 bits per heavy atom. The highest BCUT2D eigenvalue weighted by molar-refractivity contribution is 7.17. The average molecular weight is 313 g/mol. The second kappa shape index (κ2) is 8.25. The lowest BCUT2D eigenvalue weighted by atomic mass is 10.1. The minimum Gasteiger partial charge on any atom is -0.356 e. The zero-order valence-corrected chi connectivity index (χ0v) is 13.2. The van der Waals surface area contributed by atoms with Crippen molar-refractivity contribution in [3.63, 3.8) is 0 Å². The molecule has 0 aliphatic rings. The molecule has 1 amide bonds. The lowest BCUT2D eigenvalue weighted by molar-refractivity contribution is -0.121. The number of hydrogen-bond acceptors (Lipinski definition) is 3. The number of nitrogens with one attached hydrogen (secondary N) is 1. The van der Waals surface area contributed by atoms with Crippen LogP contribution < -0.4 is 11.1 Å². The first-order chi connectivity index (χ1) is 9.16. The normalized spacial score (nSPS) is 11.9.